The molecule has 2 N–H and O–H groups in total. The maximum absolute atomic E-state index is 13.6. The number of amides is 1. The molecule has 0 atom stereocenters. The second-order valence-electron chi connectivity index (χ2n) is 3.77. The second-order valence-corrected chi connectivity index (χ2v) is 3.77. The number of halogens is 1. The topological polar surface area (TPSA) is 61.6 Å². The molecule has 0 aromatic heterocycles. The van der Waals surface area contributed by atoms with Crippen LogP contribution >= 0.6 is 0 Å². The van der Waals surface area contributed by atoms with Gasteiger partial charge in [0, 0.05) is 5.57 Å². The lowest BCUT2D eigenvalue weighted by Gasteiger charge is -2.26. The van der Waals surface area contributed by atoms with Gasteiger partial charge in [0.25, 0.3) is 0 Å². The van der Waals surface area contributed by atoms with Crippen LogP contribution in [-0.4, -0.2) is 25.2 Å². The minimum absolute atomic E-state index is 0.0717. The Hall–Kier alpha value is -1.88. The fourth-order valence-electron chi connectivity index (χ4n) is 1.39. The summed E-state index contributed by atoms with van der Waals surface area (Å²) in [7, 11) is 0. The van der Waals surface area contributed by atoms with Gasteiger partial charge in [-0.2, -0.15) is 0 Å². The Bertz CT molecular complexity index is 469. The zero-order valence-electron chi connectivity index (χ0n) is 9.11. The fourth-order valence-corrected chi connectivity index (χ4v) is 1.39. The van der Waals surface area contributed by atoms with Crippen molar-refractivity contribution in [3.8, 4) is 5.75 Å². The maximum Gasteiger partial charge on any atom is 0.248 e. The minimum atomic E-state index is -0.675. The van der Waals surface area contributed by atoms with Crippen LogP contribution in [0.15, 0.2) is 24.8 Å². The molecule has 1 aliphatic heterocycles. The number of hydrogen-bond acceptors (Lipinski definition) is 3. The Morgan fingerprint density at radius 1 is 1.53 bits per heavy atom. The second kappa shape index (κ2) is 4.55. The van der Waals surface area contributed by atoms with Crippen LogP contribution in [0.4, 0.5) is 4.39 Å². The lowest BCUT2D eigenvalue weighted by Crippen LogP contribution is -2.38. The molecule has 1 saturated heterocycles. The first-order chi connectivity index (χ1) is 8.08. The van der Waals surface area contributed by atoms with Crippen molar-refractivity contribution in [1.82, 2.24) is 0 Å². The average Bonchev–Trinajstić information content (AvgIpc) is 2.23. The Labute approximate surface area is 97.8 Å². The maximum atomic E-state index is 13.6. The molecule has 0 spiro atoms. The molecule has 17 heavy (non-hydrogen) atoms. The molecule has 1 aromatic carbocycles. The zero-order chi connectivity index (χ0) is 12.4. The van der Waals surface area contributed by atoms with Gasteiger partial charge in [-0.25, -0.2) is 4.39 Å². The van der Waals surface area contributed by atoms with E-state index in [0.29, 0.717) is 18.8 Å². The summed E-state index contributed by atoms with van der Waals surface area (Å²) >= 11 is 0. The number of benzene rings is 1. The number of hydrogen-bond donors (Lipinski definition) is 1. The largest absolute Gasteiger partial charge is 0.483 e. The standard InChI is InChI=1S/C12H12FNO3/c1-7(12(14)15)8-2-3-11(10(13)4-8)17-9-5-16-6-9/h2-4,9H,1,5-6H2,(H2,14,15). The van der Waals surface area contributed by atoms with Gasteiger partial charge in [-0.05, 0) is 17.7 Å². The molecule has 0 bridgehead atoms. The van der Waals surface area contributed by atoms with E-state index in [-0.39, 0.29) is 17.4 Å². The van der Waals surface area contributed by atoms with E-state index in [9.17, 15) is 9.18 Å². The van der Waals surface area contributed by atoms with E-state index in [2.05, 4.69) is 6.58 Å². The molecule has 0 saturated carbocycles. The van der Waals surface area contributed by atoms with Gasteiger partial charge < -0.3 is 15.2 Å². The van der Waals surface area contributed by atoms with Crippen molar-refractivity contribution in [1.29, 1.82) is 0 Å². The predicted octanol–water partition coefficient (Wildman–Crippen LogP) is 1.10. The van der Waals surface area contributed by atoms with Gasteiger partial charge >= 0.3 is 0 Å². The molecule has 1 aliphatic rings. The highest BCUT2D eigenvalue weighted by atomic mass is 19.1. The number of carbonyl (C=O) groups excluding carboxylic acids is 1. The zero-order valence-corrected chi connectivity index (χ0v) is 9.11. The number of carbonyl (C=O) groups is 1. The van der Waals surface area contributed by atoms with Crippen LogP contribution in [0.5, 0.6) is 5.75 Å². The summed E-state index contributed by atoms with van der Waals surface area (Å²) in [5.41, 5.74) is 5.48. The normalized spacial score (nSPS) is 15.1. The highest BCUT2D eigenvalue weighted by molar-refractivity contribution is 6.17. The predicted molar refractivity (Wildman–Crippen MR) is 59.9 cm³/mol. The summed E-state index contributed by atoms with van der Waals surface area (Å²) in [5.74, 6) is -1.08. The molecular weight excluding hydrogens is 225 g/mol. The molecule has 1 fully saturated rings. The summed E-state index contributed by atoms with van der Waals surface area (Å²) in [6.07, 6.45) is -0.102. The number of ether oxygens (including phenoxy) is 2. The van der Waals surface area contributed by atoms with Crippen molar-refractivity contribution in [2.45, 2.75) is 6.10 Å². The van der Waals surface area contributed by atoms with E-state index in [1.807, 2.05) is 0 Å². The molecule has 0 radical (unpaired) electrons. The Balaban J connectivity index is 2.15. The molecule has 1 heterocycles. The minimum Gasteiger partial charge on any atom is -0.483 e. The van der Waals surface area contributed by atoms with Gasteiger partial charge in [0.05, 0.1) is 13.2 Å². The number of primary amides is 1. The van der Waals surface area contributed by atoms with E-state index in [0.717, 1.165) is 0 Å². The third-order valence-corrected chi connectivity index (χ3v) is 2.48. The van der Waals surface area contributed by atoms with Crippen molar-refractivity contribution in [3.63, 3.8) is 0 Å². The summed E-state index contributed by atoms with van der Waals surface area (Å²) in [6.45, 7) is 4.42. The first kappa shape index (κ1) is 11.6. The van der Waals surface area contributed by atoms with E-state index in [1.54, 1.807) is 6.07 Å². The third-order valence-electron chi connectivity index (χ3n) is 2.48. The smallest absolute Gasteiger partial charge is 0.248 e. The molecular formula is C12H12FNO3. The third kappa shape index (κ3) is 2.45. The molecule has 0 unspecified atom stereocenters. The quantitative estimate of drug-likeness (QED) is 0.798. The molecule has 90 valence electrons. The lowest BCUT2D eigenvalue weighted by atomic mass is 10.1. The molecule has 2 rings (SSSR count). The van der Waals surface area contributed by atoms with Gasteiger partial charge in [-0.1, -0.05) is 12.6 Å². The molecule has 1 aromatic rings. The fraction of sp³-hybridized carbons (Fsp3) is 0.250. The molecule has 4 nitrogen and oxygen atoms in total. The summed E-state index contributed by atoms with van der Waals surface area (Å²) in [6, 6.07) is 4.18. The van der Waals surface area contributed by atoms with Crippen LogP contribution in [0.3, 0.4) is 0 Å². The van der Waals surface area contributed by atoms with Crippen molar-refractivity contribution < 1.29 is 18.7 Å². The SMILES string of the molecule is C=C(C(N)=O)c1ccc(OC2COC2)c(F)c1. The van der Waals surface area contributed by atoms with Gasteiger partial charge in [-0.15, -0.1) is 0 Å². The van der Waals surface area contributed by atoms with E-state index < -0.39 is 11.7 Å². The highest BCUT2D eigenvalue weighted by Gasteiger charge is 2.21. The number of nitrogens with two attached hydrogens (primary N) is 1. The van der Waals surface area contributed by atoms with Gasteiger partial charge in [0.1, 0.15) is 6.10 Å². The monoisotopic (exact) mass is 237 g/mol. The average molecular weight is 237 g/mol. The Morgan fingerprint density at radius 3 is 2.71 bits per heavy atom. The van der Waals surface area contributed by atoms with Crippen molar-refractivity contribution in [2.75, 3.05) is 13.2 Å². The van der Waals surface area contributed by atoms with Gasteiger partial charge in [-0.3, -0.25) is 4.79 Å². The molecule has 0 aliphatic carbocycles. The van der Waals surface area contributed by atoms with E-state index >= 15 is 0 Å². The van der Waals surface area contributed by atoms with E-state index in [1.165, 1.54) is 12.1 Å². The van der Waals surface area contributed by atoms with E-state index in [4.69, 9.17) is 15.2 Å². The highest BCUT2D eigenvalue weighted by Crippen LogP contribution is 2.24. The van der Waals surface area contributed by atoms with Crippen LogP contribution in [0, 0.1) is 5.82 Å². The van der Waals surface area contributed by atoms with Crippen LogP contribution in [0.2, 0.25) is 0 Å². The van der Waals surface area contributed by atoms with Crippen LogP contribution in [0.25, 0.3) is 5.57 Å². The van der Waals surface area contributed by atoms with Crippen LogP contribution < -0.4 is 10.5 Å². The summed E-state index contributed by atoms with van der Waals surface area (Å²) < 4.78 is 23.9. The first-order valence-corrected chi connectivity index (χ1v) is 5.11. The molecule has 5 heteroatoms. The Morgan fingerprint density at radius 2 is 2.24 bits per heavy atom. The van der Waals surface area contributed by atoms with Crippen molar-refractivity contribution in [3.05, 3.63) is 36.2 Å². The first-order valence-electron chi connectivity index (χ1n) is 5.11. The Kier molecular flexibility index (Phi) is 3.10. The van der Waals surface area contributed by atoms with Gasteiger partial charge in [0.2, 0.25) is 5.91 Å². The molecule has 1 amide bonds. The van der Waals surface area contributed by atoms with Crippen LogP contribution in [-0.2, 0) is 9.53 Å². The summed E-state index contributed by atoms with van der Waals surface area (Å²) in [4.78, 5) is 10.9. The number of rotatable bonds is 4. The summed E-state index contributed by atoms with van der Waals surface area (Å²) in [5, 5.41) is 0. The van der Waals surface area contributed by atoms with Crippen molar-refractivity contribution >= 4 is 11.5 Å². The van der Waals surface area contributed by atoms with Crippen molar-refractivity contribution in [2.24, 2.45) is 5.73 Å². The van der Waals surface area contributed by atoms with Gasteiger partial charge in [0.15, 0.2) is 11.6 Å². The lowest BCUT2D eigenvalue weighted by molar-refractivity contribution is -0.112. The van der Waals surface area contributed by atoms with Crippen LogP contribution in [0.1, 0.15) is 5.56 Å².